The molecule has 1 aromatic heterocycles. The van der Waals surface area contributed by atoms with Gasteiger partial charge in [-0.15, -0.1) is 11.3 Å². The Balaban J connectivity index is 1.60. The Hall–Kier alpha value is -1.59. The Labute approximate surface area is 141 Å². The van der Waals surface area contributed by atoms with Crippen molar-refractivity contribution in [3.05, 3.63) is 35.2 Å². The van der Waals surface area contributed by atoms with Crippen molar-refractivity contribution in [1.82, 2.24) is 10.2 Å². The highest BCUT2D eigenvalue weighted by molar-refractivity contribution is 7.17. The van der Waals surface area contributed by atoms with Gasteiger partial charge in [0, 0.05) is 24.4 Å². The number of rotatable bonds is 4. The van der Waals surface area contributed by atoms with Crippen molar-refractivity contribution >= 4 is 27.5 Å². The van der Waals surface area contributed by atoms with Crippen molar-refractivity contribution in [1.29, 1.82) is 0 Å². The highest BCUT2D eigenvalue weighted by atomic mass is 32.1. The normalized spacial score (nSPS) is 17.4. The molecule has 0 unspecified atom stereocenters. The predicted octanol–water partition coefficient (Wildman–Crippen LogP) is 4.17. The lowest BCUT2D eigenvalue weighted by Crippen LogP contribution is -2.46. The number of piperidine rings is 1. The van der Waals surface area contributed by atoms with E-state index in [1.807, 2.05) is 24.0 Å². The topological polar surface area (TPSA) is 41.6 Å². The lowest BCUT2D eigenvalue weighted by molar-refractivity contribution is 0.0218. The number of likely N-dealkylation sites (tertiary alicyclic amines) is 1. The van der Waals surface area contributed by atoms with Crippen LogP contribution in [-0.2, 0) is 4.74 Å². The Morgan fingerprint density at radius 3 is 2.87 bits per heavy atom. The highest BCUT2D eigenvalue weighted by Crippen LogP contribution is 2.30. The van der Waals surface area contributed by atoms with Crippen LogP contribution in [0.25, 0.3) is 10.1 Å². The molecule has 0 bridgehead atoms. The summed E-state index contributed by atoms with van der Waals surface area (Å²) in [4.78, 5) is 14.4. The number of ether oxygens (including phenoxy) is 1. The molecule has 1 aliphatic heterocycles. The average molecular weight is 332 g/mol. The maximum absolute atomic E-state index is 12.5. The minimum atomic E-state index is 0.0169. The van der Waals surface area contributed by atoms with E-state index in [0.29, 0.717) is 6.10 Å². The zero-order chi connectivity index (χ0) is 16.2. The van der Waals surface area contributed by atoms with Gasteiger partial charge in [0.15, 0.2) is 0 Å². The van der Waals surface area contributed by atoms with E-state index in [0.717, 1.165) is 32.5 Å². The summed E-state index contributed by atoms with van der Waals surface area (Å²) in [6, 6.07) is 8.39. The van der Waals surface area contributed by atoms with Gasteiger partial charge in [-0.25, -0.2) is 4.79 Å². The van der Waals surface area contributed by atoms with E-state index >= 15 is 0 Å². The molecule has 124 valence electrons. The number of carbonyl (C=O) groups excluding carboxylic acids is 1. The number of thiophene rings is 1. The minimum Gasteiger partial charge on any atom is -0.378 e. The standard InChI is InChI=1S/C18H24N2O2S/c1-3-22-14-8-10-20(11-9-14)18(21)19-13(2)16-12-23-17-7-5-4-6-15(16)17/h4-7,12-14H,3,8-11H2,1-2H3,(H,19,21)/t13-/m0/s1. The Morgan fingerprint density at radius 1 is 1.39 bits per heavy atom. The number of hydrogen-bond acceptors (Lipinski definition) is 3. The number of hydrogen-bond donors (Lipinski definition) is 1. The number of nitrogens with zero attached hydrogens (tertiary/aromatic N) is 1. The number of fused-ring (bicyclic) bond motifs is 1. The molecule has 0 radical (unpaired) electrons. The first-order chi connectivity index (χ1) is 11.2. The van der Waals surface area contributed by atoms with Crippen LogP contribution in [0, 0.1) is 0 Å². The first kappa shape index (κ1) is 16.3. The van der Waals surface area contributed by atoms with E-state index in [2.05, 4.69) is 29.8 Å². The molecule has 3 rings (SSSR count). The Kier molecular flexibility index (Phi) is 5.18. The minimum absolute atomic E-state index is 0.0169. The number of carbonyl (C=O) groups is 1. The zero-order valence-corrected chi connectivity index (χ0v) is 14.6. The van der Waals surface area contributed by atoms with Gasteiger partial charge in [-0.3, -0.25) is 0 Å². The smallest absolute Gasteiger partial charge is 0.317 e. The molecular weight excluding hydrogens is 308 g/mol. The Morgan fingerprint density at radius 2 is 2.13 bits per heavy atom. The Bertz CT molecular complexity index is 662. The second-order valence-corrected chi connectivity index (χ2v) is 6.91. The molecule has 0 saturated carbocycles. The molecule has 0 aliphatic carbocycles. The summed E-state index contributed by atoms with van der Waals surface area (Å²) in [6.07, 6.45) is 2.16. The van der Waals surface area contributed by atoms with Crippen molar-refractivity contribution in [2.75, 3.05) is 19.7 Å². The molecule has 4 nitrogen and oxygen atoms in total. The van der Waals surface area contributed by atoms with Gasteiger partial charge in [-0.2, -0.15) is 0 Å². The first-order valence-electron chi connectivity index (χ1n) is 8.32. The second-order valence-electron chi connectivity index (χ2n) is 6.00. The van der Waals surface area contributed by atoms with Crippen LogP contribution in [0.2, 0.25) is 0 Å². The van der Waals surface area contributed by atoms with Crippen LogP contribution in [0.4, 0.5) is 4.79 Å². The van der Waals surface area contributed by atoms with Crippen LogP contribution < -0.4 is 5.32 Å². The van der Waals surface area contributed by atoms with Crippen molar-refractivity contribution in [3.63, 3.8) is 0 Å². The molecule has 2 heterocycles. The molecule has 1 atom stereocenters. The third kappa shape index (κ3) is 3.67. The van der Waals surface area contributed by atoms with Crippen LogP contribution in [0.1, 0.15) is 38.3 Å². The molecule has 1 fully saturated rings. The third-order valence-corrected chi connectivity index (χ3v) is 5.43. The van der Waals surface area contributed by atoms with E-state index in [-0.39, 0.29) is 12.1 Å². The summed E-state index contributed by atoms with van der Waals surface area (Å²) in [6.45, 7) is 6.37. The maximum Gasteiger partial charge on any atom is 0.317 e. The van der Waals surface area contributed by atoms with Gasteiger partial charge >= 0.3 is 6.03 Å². The maximum atomic E-state index is 12.5. The van der Waals surface area contributed by atoms with E-state index in [4.69, 9.17) is 4.74 Å². The number of benzene rings is 1. The summed E-state index contributed by atoms with van der Waals surface area (Å²) in [5.41, 5.74) is 1.20. The van der Waals surface area contributed by atoms with Crippen LogP contribution in [0.3, 0.4) is 0 Å². The average Bonchev–Trinajstić information content (AvgIpc) is 3.00. The summed E-state index contributed by atoms with van der Waals surface area (Å²) < 4.78 is 6.91. The van der Waals surface area contributed by atoms with Crippen LogP contribution in [-0.4, -0.2) is 36.7 Å². The van der Waals surface area contributed by atoms with Crippen molar-refractivity contribution in [3.8, 4) is 0 Å². The first-order valence-corrected chi connectivity index (χ1v) is 9.20. The number of nitrogens with one attached hydrogen (secondary N) is 1. The summed E-state index contributed by atoms with van der Waals surface area (Å²) in [5, 5.41) is 6.53. The summed E-state index contributed by atoms with van der Waals surface area (Å²) >= 11 is 1.73. The molecule has 1 aliphatic rings. The van der Waals surface area contributed by atoms with Crippen molar-refractivity contribution in [2.45, 2.75) is 38.8 Å². The number of amides is 2. The fourth-order valence-electron chi connectivity index (χ4n) is 3.15. The summed E-state index contributed by atoms with van der Waals surface area (Å²) in [5.74, 6) is 0. The van der Waals surface area contributed by atoms with Gasteiger partial charge in [0.25, 0.3) is 0 Å². The zero-order valence-electron chi connectivity index (χ0n) is 13.7. The van der Waals surface area contributed by atoms with E-state index < -0.39 is 0 Å². The van der Waals surface area contributed by atoms with E-state index in [1.54, 1.807) is 11.3 Å². The van der Waals surface area contributed by atoms with Gasteiger partial charge in [0.2, 0.25) is 0 Å². The fourth-order valence-corrected chi connectivity index (χ4v) is 4.20. The van der Waals surface area contributed by atoms with Gasteiger partial charge < -0.3 is 15.0 Å². The van der Waals surface area contributed by atoms with Gasteiger partial charge in [0.1, 0.15) is 0 Å². The molecule has 2 amide bonds. The van der Waals surface area contributed by atoms with Gasteiger partial charge in [-0.1, -0.05) is 18.2 Å². The molecular formula is C18H24N2O2S. The van der Waals surface area contributed by atoms with Gasteiger partial charge in [-0.05, 0) is 49.1 Å². The third-order valence-electron chi connectivity index (χ3n) is 4.45. The van der Waals surface area contributed by atoms with Crippen LogP contribution in [0.5, 0.6) is 0 Å². The van der Waals surface area contributed by atoms with Crippen molar-refractivity contribution in [2.24, 2.45) is 0 Å². The molecule has 23 heavy (non-hydrogen) atoms. The molecule has 1 aromatic carbocycles. The lowest BCUT2D eigenvalue weighted by Gasteiger charge is -2.32. The van der Waals surface area contributed by atoms with E-state index in [1.165, 1.54) is 15.6 Å². The SMILES string of the molecule is CCOC1CCN(C(=O)N[C@@H](C)c2csc3ccccc23)CC1. The summed E-state index contributed by atoms with van der Waals surface area (Å²) in [7, 11) is 0. The quantitative estimate of drug-likeness (QED) is 0.913. The molecule has 2 aromatic rings. The van der Waals surface area contributed by atoms with Crippen LogP contribution >= 0.6 is 11.3 Å². The highest BCUT2D eigenvalue weighted by Gasteiger charge is 2.24. The molecule has 1 N–H and O–H groups in total. The van der Waals surface area contributed by atoms with Gasteiger partial charge in [0.05, 0.1) is 12.1 Å². The largest absolute Gasteiger partial charge is 0.378 e. The van der Waals surface area contributed by atoms with E-state index in [9.17, 15) is 4.79 Å². The monoisotopic (exact) mass is 332 g/mol. The predicted molar refractivity (Wildman–Crippen MR) is 95.0 cm³/mol. The number of urea groups is 1. The van der Waals surface area contributed by atoms with Crippen molar-refractivity contribution < 1.29 is 9.53 Å². The molecule has 0 spiro atoms. The lowest BCUT2D eigenvalue weighted by atomic mass is 10.1. The molecule has 5 heteroatoms. The molecule has 1 saturated heterocycles. The van der Waals surface area contributed by atoms with Crippen LogP contribution in [0.15, 0.2) is 29.6 Å². The second kappa shape index (κ2) is 7.32. The fraction of sp³-hybridized carbons (Fsp3) is 0.500.